The van der Waals surface area contributed by atoms with Crippen molar-refractivity contribution in [3.8, 4) is 0 Å². The van der Waals surface area contributed by atoms with Crippen LogP contribution in [0.4, 0.5) is 0 Å². The zero-order valence-corrected chi connectivity index (χ0v) is 49.5. The third kappa shape index (κ3) is 57.8. The summed E-state index contributed by atoms with van der Waals surface area (Å²) < 4.78 is 11.4. The van der Waals surface area contributed by atoms with Gasteiger partial charge in [-0.2, -0.15) is 0 Å². The highest BCUT2D eigenvalue weighted by atomic mass is 16.5. The molecule has 0 spiro atoms. The highest BCUT2D eigenvalue weighted by Crippen LogP contribution is 2.18. The number of carbonyl (C=O) groups is 2. The van der Waals surface area contributed by atoms with Gasteiger partial charge in [-0.1, -0.05) is 258 Å². The summed E-state index contributed by atoms with van der Waals surface area (Å²) >= 11 is 0. The zero-order valence-electron chi connectivity index (χ0n) is 49.5. The van der Waals surface area contributed by atoms with Crippen LogP contribution in [0.25, 0.3) is 0 Å². The Bertz CT molecular complexity index is 1190. The molecule has 0 aromatic carbocycles. The Morgan fingerprint density at radius 3 is 0.973 bits per heavy atom. The number of allylic oxidation sites excluding steroid dienone is 1. The lowest BCUT2D eigenvalue weighted by Gasteiger charge is -2.26. The molecule has 0 saturated heterocycles. The molecule has 438 valence electrons. The van der Waals surface area contributed by atoms with Crippen LogP contribution in [-0.4, -0.2) is 97.0 Å². The predicted molar refractivity (Wildman–Crippen MR) is 316 cm³/mol. The van der Waals surface area contributed by atoms with Gasteiger partial charge >= 0.3 is 11.9 Å². The number of nitrogens with zero attached hydrogens (tertiary/aromatic N) is 2. The van der Waals surface area contributed by atoms with Crippen LogP contribution < -0.4 is 0 Å². The second-order valence-corrected chi connectivity index (χ2v) is 22.6. The van der Waals surface area contributed by atoms with Crippen molar-refractivity contribution in [2.45, 2.75) is 335 Å². The van der Waals surface area contributed by atoms with E-state index in [0.29, 0.717) is 38.4 Å². The quantitative estimate of drug-likeness (QED) is 0.0266. The number of carbonyl (C=O) groups excluding carboxylic acids is 2. The summed E-state index contributed by atoms with van der Waals surface area (Å²) in [5.74, 6) is 1.78. The Morgan fingerprint density at radius 1 is 0.338 bits per heavy atom. The van der Waals surface area contributed by atoms with E-state index in [4.69, 9.17) is 14.6 Å². The van der Waals surface area contributed by atoms with E-state index in [1.54, 1.807) is 0 Å². The molecule has 0 rings (SSSR count). The molecule has 9 nitrogen and oxygen atoms in total. The van der Waals surface area contributed by atoms with Crippen LogP contribution in [0.15, 0.2) is 5.76 Å². The van der Waals surface area contributed by atoms with Crippen LogP contribution >= 0.6 is 0 Å². The Hall–Kier alpha value is -1.93. The molecule has 0 aliphatic carbocycles. The maximum Gasteiger partial charge on any atom is 0.305 e. The van der Waals surface area contributed by atoms with Crippen LogP contribution in [-0.2, 0) is 23.9 Å². The maximum atomic E-state index is 12.4. The molecule has 0 radical (unpaired) electrons. The summed E-state index contributed by atoms with van der Waals surface area (Å²) in [7, 11) is 0. The Balaban J connectivity index is 4.06. The van der Waals surface area contributed by atoms with Crippen molar-refractivity contribution in [3.63, 3.8) is 0 Å². The maximum absolute atomic E-state index is 12.4. The van der Waals surface area contributed by atoms with Gasteiger partial charge in [0, 0.05) is 25.8 Å². The van der Waals surface area contributed by atoms with E-state index in [0.717, 1.165) is 135 Å². The third-order valence-corrected chi connectivity index (χ3v) is 15.4. The highest BCUT2D eigenvalue weighted by molar-refractivity contribution is 5.69. The number of aliphatic carboxylic acids is 1. The topological polar surface area (TPSA) is 117 Å². The van der Waals surface area contributed by atoms with Gasteiger partial charge in [0.15, 0.2) is 11.7 Å². The lowest BCUT2D eigenvalue weighted by Crippen LogP contribution is -2.33. The fourth-order valence-corrected chi connectivity index (χ4v) is 10.5. The van der Waals surface area contributed by atoms with Crippen LogP contribution in [0.3, 0.4) is 0 Å². The van der Waals surface area contributed by atoms with Crippen molar-refractivity contribution in [2.24, 2.45) is 0 Å². The highest BCUT2D eigenvalue weighted by Gasteiger charge is 2.10. The van der Waals surface area contributed by atoms with Gasteiger partial charge in [-0.15, -0.1) is 0 Å². The molecule has 0 atom stereocenters. The summed E-state index contributed by atoms with van der Waals surface area (Å²) in [6, 6.07) is 0. The third-order valence-electron chi connectivity index (χ3n) is 15.4. The van der Waals surface area contributed by atoms with Crippen LogP contribution in [0, 0.1) is 0 Å². The fourth-order valence-electron chi connectivity index (χ4n) is 10.5. The lowest BCUT2D eigenvalue weighted by molar-refractivity contribution is -0.144. The van der Waals surface area contributed by atoms with E-state index in [-0.39, 0.29) is 19.0 Å². The normalized spacial score (nSPS) is 11.5. The summed E-state index contributed by atoms with van der Waals surface area (Å²) in [6.07, 6.45) is 60.6. The minimum absolute atomic E-state index is 0.0420. The van der Waals surface area contributed by atoms with E-state index in [1.165, 1.54) is 199 Å². The van der Waals surface area contributed by atoms with Crippen molar-refractivity contribution < 1.29 is 34.1 Å². The number of unbranched alkanes of at least 4 members (excludes halogenated alkanes) is 41. The second-order valence-electron chi connectivity index (χ2n) is 22.6. The second kappa shape index (κ2) is 61.9. The van der Waals surface area contributed by atoms with Gasteiger partial charge in [0.2, 0.25) is 0 Å². The first kappa shape index (κ1) is 72.1. The number of hydrogen-bond donors (Lipinski definition) is 2. The van der Waals surface area contributed by atoms with Crippen LogP contribution in [0.1, 0.15) is 335 Å². The number of esters is 1. The zero-order chi connectivity index (χ0) is 53.7. The van der Waals surface area contributed by atoms with Crippen molar-refractivity contribution >= 4 is 17.9 Å². The van der Waals surface area contributed by atoms with E-state index >= 15 is 0 Å². The molecule has 0 saturated carbocycles. The molecular weight excluding hydrogens is 921 g/mol. The molecule has 0 aromatic rings. The van der Waals surface area contributed by atoms with Crippen LogP contribution in [0.5, 0.6) is 0 Å². The Labute approximate surface area is 459 Å². The molecule has 0 aromatic heterocycles. The molecular formula is C65H126N2O7. The molecule has 74 heavy (non-hydrogen) atoms. The Kier molecular flexibility index (Phi) is 60.3. The molecule has 0 bridgehead atoms. The SMILES string of the molecule is CCCCCCCCCCCCCCCCCCCCCCCCOC(=O)CCCCCCN(CCCCCCC(=O)O)CCCN(CCO)CCCCCCC(=C=O)OCCCCCCCCCCCCCC. The first-order valence-corrected chi connectivity index (χ1v) is 32.8. The van der Waals surface area contributed by atoms with E-state index in [9.17, 15) is 19.5 Å². The number of aliphatic hydroxyl groups excluding tert-OH is 1. The van der Waals surface area contributed by atoms with Gasteiger partial charge in [0.05, 0.1) is 19.8 Å². The van der Waals surface area contributed by atoms with Gasteiger partial charge in [0.25, 0.3) is 0 Å². The Morgan fingerprint density at radius 2 is 0.622 bits per heavy atom. The number of ether oxygens (including phenoxy) is 2. The van der Waals surface area contributed by atoms with Crippen molar-refractivity contribution in [1.29, 1.82) is 0 Å². The first-order chi connectivity index (χ1) is 36.5. The first-order valence-electron chi connectivity index (χ1n) is 32.8. The summed E-state index contributed by atoms with van der Waals surface area (Å²) in [4.78, 5) is 39.8. The molecule has 0 fully saturated rings. The smallest absolute Gasteiger partial charge is 0.305 e. The van der Waals surface area contributed by atoms with Crippen molar-refractivity contribution in [2.75, 3.05) is 59.1 Å². The molecule has 0 aliphatic heterocycles. The predicted octanol–water partition coefficient (Wildman–Crippen LogP) is 18.5. The molecule has 2 N–H and O–H groups in total. The fraction of sp³-hybridized carbons (Fsp3) is 0.938. The van der Waals surface area contributed by atoms with E-state index in [1.807, 2.05) is 5.94 Å². The lowest BCUT2D eigenvalue weighted by atomic mass is 10.0. The number of aliphatic hydroxyl groups is 1. The molecule has 0 heterocycles. The minimum atomic E-state index is -0.710. The molecule has 9 heteroatoms. The summed E-state index contributed by atoms with van der Waals surface area (Å²) in [6.45, 7) is 11.6. The number of carboxylic acids is 1. The van der Waals surface area contributed by atoms with Gasteiger partial charge in [-0.05, 0) is 90.5 Å². The van der Waals surface area contributed by atoms with Gasteiger partial charge < -0.3 is 29.5 Å². The average molecular weight is 1050 g/mol. The van der Waals surface area contributed by atoms with Crippen molar-refractivity contribution in [1.82, 2.24) is 9.80 Å². The van der Waals surface area contributed by atoms with Gasteiger partial charge in [0.1, 0.15) is 0 Å². The van der Waals surface area contributed by atoms with Crippen LogP contribution in [0.2, 0.25) is 0 Å². The average Bonchev–Trinajstić information content (AvgIpc) is 3.39. The number of rotatable bonds is 64. The molecule has 0 unspecified atom stereocenters. The van der Waals surface area contributed by atoms with Gasteiger partial charge in [-0.3, -0.25) is 9.59 Å². The largest absolute Gasteiger partial charge is 0.487 e. The van der Waals surface area contributed by atoms with Crippen molar-refractivity contribution in [3.05, 3.63) is 5.76 Å². The summed E-state index contributed by atoms with van der Waals surface area (Å²) in [5, 5.41) is 18.8. The van der Waals surface area contributed by atoms with E-state index < -0.39 is 5.97 Å². The minimum Gasteiger partial charge on any atom is -0.487 e. The molecule has 0 aliphatic rings. The van der Waals surface area contributed by atoms with Gasteiger partial charge in [-0.25, -0.2) is 4.79 Å². The molecule has 0 amide bonds. The number of hydrogen-bond acceptors (Lipinski definition) is 8. The standard InChI is InChI=1S/C65H126N2O7/c1-3-5-7-9-11-13-15-17-18-19-20-21-22-23-24-25-26-28-30-32-40-48-61-74-65(72)52-43-35-38-45-54-66(53-44-37-34-42-51-64(70)71)56-49-57-67(58-59-68)55-46-36-33-41-50-63(62-69)73-60-47-39-31-29-27-16-14-12-10-8-6-4-2/h68H,3-61H2,1-2H3,(H,70,71). The van der Waals surface area contributed by atoms with E-state index in [2.05, 4.69) is 23.6 Å². The number of carboxylic acid groups (broad SMARTS) is 1. The monoisotopic (exact) mass is 1050 g/mol. The summed E-state index contributed by atoms with van der Waals surface area (Å²) in [5.41, 5.74) is 0.